The molecule has 3 heteroatoms. The average molecular weight is 245 g/mol. The Morgan fingerprint density at radius 3 is 3.00 bits per heavy atom. The van der Waals surface area contributed by atoms with Crippen LogP contribution in [0.2, 0.25) is 0 Å². The molecule has 1 fully saturated rings. The summed E-state index contributed by atoms with van der Waals surface area (Å²) in [5.74, 6) is 5.97. The molecular weight excluding hydrogens is 226 g/mol. The van der Waals surface area contributed by atoms with Gasteiger partial charge in [0.2, 0.25) is 0 Å². The zero-order valence-corrected chi connectivity index (χ0v) is 10.5. The first-order valence-electron chi connectivity index (χ1n) is 6.37. The first-order chi connectivity index (χ1) is 8.78. The highest BCUT2D eigenvalue weighted by Gasteiger charge is 2.19. The smallest absolute Gasteiger partial charge is 0.0679 e. The summed E-state index contributed by atoms with van der Waals surface area (Å²) in [4.78, 5) is 2.25. The van der Waals surface area contributed by atoms with Crippen LogP contribution in [0.3, 0.4) is 0 Å². The highest BCUT2D eigenvalue weighted by atomic mass is 16.3. The van der Waals surface area contributed by atoms with Crippen molar-refractivity contribution >= 4 is 0 Å². The molecule has 18 heavy (non-hydrogen) atoms. The molecule has 3 nitrogen and oxygen atoms in total. The van der Waals surface area contributed by atoms with Crippen LogP contribution in [0.5, 0.6) is 0 Å². The fraction of sp³-hybridized carbons (Fsp3) is 0.467. The Morgan fingerprint density at radius 2 is 2.28 bits per heavy atom. The van der Waals surface area contributed by atoms with Crippen molar-refractivity contribution in [3.63, 3.8) is 0 Å². The molecule has 0 radical (unpaired) electrons. The molecule has 0 saturated carbocycles. The summed E-state index contributed by atoms with van der Waals surface area (Å²) in [5, 5.41) is 18.2. The monoisotopic (exact) mass is 245 g/mol. The van der Waals surface area contributed by atoms with E-state index < -0.39 is 0 Å². The molecule has 1 aliphatic heterocycles. The van der Waals surface area contributed by atoms with E-state index in [9.17, 15) is 5.11 Å². The lowest BCUT2D eigenvalue weighted by atomic mass is 10.1. The maximum Gasteiger partial charge on any atom is 0.0679 e. The predicted molar refractivity (Wildman–Crippen MR) is 70.9 cm³/mol. The highest BCUT2D eigenvalue weighted by Crippen LogP contribution is 2.14. The van der Waals surface area contributed by atoms with E-state index in [0.717, 1.165) is 31.6 Å². The van der Waals surface area contributed by atoms with E-state index in [1.165, 1.54) is 5.56 Å². The van der Waals surface area contributed by atoms with E-state index in [0.29, 0.717) is 6.42 Å². The van der Waals surface area contributed by atoms with Crippen LogP contribution in [0.15, 0.2) is 24.3 Å². The Morgan fingerprint density at radius 1 is 1.39 bits per heavy atom. The predicted octanol–water partition coefficient (Wildman–Crippen LogP) is 0.987. The van der Waals surface area contributed by atoms with Gasteiger partial charge in [-0.15, -0.1) is 0 Å². The topological polar surface area (TPSA) is 43.7 Å². The van der Waals surface area contributed by atoms with E-state index in [1.807, 2.05) is 12.1 Å². The normalized spacial score (nSPS) is 19.6. The standard InChI is InChI=1S/C15H19NO2/c17-9-2-1-4-13-5-3-6-14(10-13)11-16-8-7-15(18)12-16/h3,5-6,10,15,17-18H,2,7-9,11-12H2. The Hall–Kier alpha value is -1.34. The third-order valence-corrected chi connectivity index (χ3v) is 3.05. The summed E-state index contributed by atoms with van der Waals surface area (Å²) in [5.41, 5.74) is 2.21. The van der Waals surface area contributed by atoms with Gasteiger partial charge in [-0.1, -0.05) is 24.0 Å². The second kappa shape index (κ2) is 6.55. The van der Waals surface area contributed by atoms with E-state index in [-0.39, 0.29) is 12.7 Å². The second-order valence-corrected chi connectivity index (χ2v) is 4.65. The number of aliphatic hydroxyl groups is 2. The van der Waals surface area contributed by atoms with E-state index >= 15 is 0 Å². The summed E-state index contributed by atoms with van der Waals surface area (Å²) in [6.07, 6.45) is 1.22. The largest absolute Gasteiger partial charge is 0.395 e. The van der Waals surface area contributed by atoms with Gasteiger partial charge in [0.1, 0.15) is 0 Å². The zero-order chi connectivity index (χ0) is 12.8. The van der Waals surface area contributed by atoms with Crippen molar-refractivity contribution in [3.8, 4) is 11.8 Å². The van der Waals surface area contributed by atoms with Crippen LogP contribution in [0, 0.1) is 11.8 Å². The SMILES string of the molecule is OCCC#Cc1cccc(CN2CCC(O)C2)c1. The van der Waals surface area contributed by atoms with Crippen molar-refractivity contribution in [2.45, 2.75) is 25.5 Å². The van der Waals surface area contributed by atoms with Crippen molar-refractivity contribution in [1.82, 2.24) is 4.90 Å². The number of aliphatic hydroxyl groups excluding tert-OH is 2. The molecule has 1 atom stereocenters. The van der Waals surface area contributed by atoms with Gasteiger partial charge in [0.15, 0.2) is 0 Å². The van der Waals surface area contributed by atoms with Gasteiger partial charge >= 0.3 is 0 Å². The molecule has 1 aromatic carbocycles. The summed E-state index contributed by atoms with van der Waals surface area (Å²) in [6, 6.07) is 8.15. The lowest BCUT2D eigenvalue weighted by molar-refractivity contribution is 0.175. The summed E-state index contributed by atoms with van der Waals surface area (Å²) < 4.78 is 0. The molecule has 2 N–H and O–H groups in total. The highest BCUT2D eigenvalue weighted by molar-refractivity contribution is 5.37. The summed E-state index contributed by atoms with van der Waals surface area (Å²) in [6.45, 7) is 2.70. The molecule has 0 bridgehead atoms. The number of rotatable bonds is 3. The summed E-state index contributed by atoms with van der Waals surface area (Å²) >= 11 is 0. The minimum Gasteiger partial charge on any atom is -0.395 e. The van der Waals surface area contributed by atoms with E-state index in [4.69, 9.17) is 5.11 Å². The lowest BCUT2D eigenvalue weighted by Crippen LogP contribution is -2.21. The molecular formula is C15H19NO2. The Kier molecular flexibility index (Phi) is 4.77. The molecule has 1 aliphatic rings. The maximum atomic E-state index is 9.49. The van der Waals surface area contributed by atoms with Crippen molar-refractivity contribution in [2.75, 3.05) is 19.7 Å². The van der Waals surface area contributed by atoms with E-state index in [1.54, 1.807) is 0 Å². The van der Waals surface area contributed by atoms with Crippen LogP contribution in [-0.2, 0) is 6.54 Å². The van der Waals surface area contributed by atoms with Crippen LogP contribution in [0.25, 0.3) is 0 Å². The first kappa shape index (κ1) is 13.1. The first-order valence-corrected chi connectivity index (χ1v) is 6.37. The fourth-order valence-corrected chi connectivity index (χ4v) is 2.18. The van der Waals surface area contributed by atoms with Gasteiger partial charge in [-0.05, 0) is 24.1 Å². The van der Waals surface area contributed by atoms with Gasteiger partial charge in [-0.3, -0.25) is 4.90 Å². The summed E-state index contributed by atoms with van der Waals surface area (Å²) in [7, 11) is 0. The number of likely N-dealkylation sites (tertiary alicyclic amines) is 1. The van der Waals surface area contributed by atoms with Gasteiger partial charge in [0, 0.05) is 31.6 Å². The quantitative estimate of drug-likeness (QED) is 0.780. The Bertz CT molecular complexity index is 447. The van der Waals surface area contributed by atoms with Crippen LogP contribution in [0.1, 0.15) is 24.0 Å². The van der Waals surface area contributed by atoms with Gasteiger partial charge in [0.25, 0.3) is 0 Å². The number of benzene rings is 1. The molecule has 1 unspecified atom stereocenters. The van der Waals surface area contributed by atoms with Crippen molar-refractivity contribution in [2.24, 2.45) is 0 Å². The van der Waals surface area contributed by atoms with Crippen molar-refractivity contribution < 1.29 is 10.2 Å². The molecule has 2 rings (SSSR count). The van der Waals surface area contributed by atoms with Crippen molar-refractivity contribution in [3.05, 3.63) is 35.4 Å². The molecule has 0 aromatic heterocycles. The fourth-order valence-electron chi connectivity index (χ4n) is 2.18. The van der Waals surface area contributed by atoms with Crippen LogP contribution < -0.4 is 0 Å². The molecule has 1 saturated heterocycles. The second-order valence-electron chi connectivity index (χ2n) is 4.65. The molecule has 1 heterocycles. The minimum absolute atomic E-state index is 0.109. The van der Waals surface area contributed by atoms with Crippen LogP contribution >= 0.6 is 0 Å². The number of hydrogen-bond acceptors (Lipinski definition) is 3. The molecule has 0 aliphatic carbocycles. The van der Waals surface area contributed by atoms with Gasteiger partial charge in [0.05, 0.1) is 12.7 Å². The lowest BCUT2D eigenvalue weighted by Gasteiger charge is -2.14. The Balaban J connectivity index is 1.97. The molecule has 0 spiro atoms. The number of nitrogens with zero attached hydrogens (tertiary/aromatic N) is 1. The van der Waals surface area contributed by atoms with E-state index in [2.05, 4.69) is 28.9 Å². The van der Waals surface area contributed by atoms with Gasteiger partial charge in [-0.25, -0.2) is 0 Å². The number of hydrogen-bond donors (Lipinski definition) is 2. The molecule has 0 amide bonds. The van der Waals surface area contributed by atoms with Gasteiger partial charge in [-0.2, -0.15) is 0 Å². The average Bonchev–Trinajstić information content (AvgIpc) is 2.76. The third-order valence-electron chi connectivity index (χ3n) is 3.05. The van der Waals surface area contributed by atoms with Crippen LogP contribution in [0.4, 0.5) is 0 Å². The van der Waals surface area contributed by atoms with Crippen LogP contribution in [-0.4, -0.2) is 40.9 Å². The number of β-amino-alcohol motifs (C(OH)–C–C–N with tert-alkyl or cyclic N) is 1. The molecule has 96 valence electrons. The Labute approximate surface area is 108 Å². The minimum atomic E-state index is -0.169. The molecule has 1 aromatic rings. The van der Waals surface area contributed by atoms with Gasteiger partial charge < -0.3 is 10.2 Å². The van der Waals surface area contributed by atoms with Crippen molar-refractivity contribution in [1.29, 1.82) is 0 Å². The maximum absolute atomic E-state index is 9.49. The third kappa shape index (κ3) is 3.85. The zero-order valence-electron chi connectivity index (χ0n) is 10.5.